The largest absolute Gasteiger partial charge is 0.395 e. The van der Waals surface area contributed by atoms with Crippen molar-refractivity contribution in [2.45, 2.75) is 39.7 Å². The first-order valence-electron chi connectivity index (χ1n) is 7.42. The molecule has 0 saturated carbocycles. The molecule has 1 unspecified atom stereocenters. The molecule has 1 atom stereocenters. The fourth-order valence-electron chi connectivity index (χ4n) is 2.19. The fourth-order valence-corrected chi connectivity index (χ4v) is 2.19. The Morgan fingerprint density at radius 3 is 2.67 bits per heavy atom. The smallest absolute Gasteiger partial charge is 0.253 e. The number of benzene rings is 1. The van der Waals surface area contributed by atoms with Gasteiger partial charge in [0.1, 0.15) is 0 Å². The third-order valence-corrected chi connectivity index (χ3v) is 3.37. The maximum Gasteiger partial charge on any atom is 0.253 e. The van der Waals surface area contributed by atoms with Crippen molar-refractivity contribution < 1.29 is 9.90 Å². The van der Waals surface area contributed by atoms with Crippen molar-refractivity contribution in [3.05, 3.63) is 35.4 Å². The highest BCUT2D eigenvalue weighted by Gasteiger charge is 2.18. The molecular weight excluding hydrogens is 262 g/mol. The molecule has 114 valence electrons. The summed E-state index contributed by atoms with van der Waals surface area (Å²) in [7, 11) is 1.85. The van der Waals surface area contributed by atoms with Gasteiger partial charge in [0.05, 0.1) is 6.61 Å². The van der Waals surface area contributed by atoms with E-state index in [4.69, 9.17) is 5.11 Å². The molecular formula is C18H25NO2. The van der Waals surface area contributed by atoms with E-state index < -0.39 is 0 Å². The third kappa shape index (κ3) is 5.61. The Labute approximate surface area is 128 Å². The molecule has 0 fully saturated rings. The molecule has 1 amide bonds. The topological polar surface area (TPSA) is 40.5 Å². The van der Waals surface area contributed by atoms with Crippen LogP contribution in [-0.4, -0.2) is 35.6 Å². The lowest BCUT2D eigenvalue weighted by Crippen LogP contribution is -2.35. The summed E-state index contributed by atoms with van der Waals surface area (Å²) < 4.78 is 0. The van der Waals surface area contributed by atoms with Gasteiger partial charge in [-0.05, 0) is 37.5 Å². The van der Waals surface area contributed by atoms with Crippen LogP contribution in [0.25, 0.3) is 0 Å². The molecule has 0 aliphatic heterocycles. The van der Waals surface area contributed by atoms with Crippen molar-refractivity contribution in [2.24, 2.45) is 5.92 Å². The van der Waals surface area contributed by atoms with Gasteiger partial charge in [-0.1, -0.05) is 31.8 Å². The quantitative estimate of drug-likeness (QED) is 0.846. The first-order chi connectivity index (χ1) is 9.95. The van der Waals surface area contributed by atoms with Gasteiger partial charge in [-0.25, -0.2) is 0 Å². The minimum Gasteiger partial charge on any atom is -0.395 e. The molecule has 1 rings (SSSR count). The minimum absolute atomic E-state index is 0.0222. The molecule has 0 aromatic heterocycles. The number of aliphatic hydroxyl groups is 1. The van der Waals surface area contributed by atoms with E-state index >= 15 is 0 Å². The van der Waals surface area contributed by atoms with Gasteiger partial charge < -0.3 is 10.0 Å². The second-order valence-electron chi connectivity index (χ2n) is 5.75. The first kappa shape index (κ1) is 17.3. The molecule has 3 nitrogen and oxygen atoms in total. The number of carbonyl (C=O) groups is 1. The molecule has 0 bridgehead atoms. The van der Waals surface area contributed by atoms with Gasteiger partial charge in [0.2, 0.25) is 0 Å². The van der Waals surface area contributed by atoms with Crippen LogP contribution in [0, 0.1) is 17.8 Å². The molecule has 1 aromatic rings. The van der Waals surface area contributed by atoms with Crippen LogP contribution < -0.4 is 0 Å². The Morgan fingerprint density at radius 2 is 2.05 bits per heavy atom. The second kappa shape index (κ2) is 8.49. The van der Waals surface area contributed by atoms with E-state index in [1.165, 1.54) is 0 Å². The van der Waals surface area contributed by atoms with Crippen LogP contribution >= 0.6 is 0 Å². The van der Waals surface area contributed by atoms with Crippen molar-refractivity contribution in [1.82, 2.24) is 4.90 Å². The minimum atomic E-state index is 0.0222. The van der Waals surface area contributed by atoms with E-state index in [1.807, 2.05) is 31.3 Å². The molecule has 0 spiro atoms. The molecule has 3 heteroatoms. The average molecular weight is 287 g/mol. The van der Waals surface area contributed by atoms with Crippen LogP contribution in [-0.2, 0) is 0 Å². The van der Waals surface area contributed by atoms with E-state index in [9.17, 15) is 4.79 Å². The van der Waals surface area contributed by atoms with Crippen LogP contribution in [0.5, 0.6) is 0 Å². The molecule has 21 heavy (non-hydrogen) atoms. The van der Waals surface area contributed by atoms with Gasteiger partial charge in [-0.3, -0.25) is 4.79 Å². The number of carbonyl (C=O) groups excluding carboxylic acids is 1. The molecule has 0 saturated heterocycles. The predicted octanol–water partition coefficient (Wildman–Crippen LogP) is 2.93. The van der Waals surface area contributed by atoms with E-state index in [0.29, 0.717) is 17.9 Å². The van der Waals surface area contributed by atoms with Crippen molar-refractivity contribution in [2.75, 3.05) is 13.7 Å². The number of aliphatic hydroxyl groups excluding tert-OH is 1. The molecule has 0 radical (unpaired) electrons. The van der Waals surface area contributed by atoms with Crippen molar-refractivity contribution >= 4 is 5.91 Å². The van der Waals surface area contributed by atoms with Crippen molar-refractivity contribution in [3.63, 3.8) is 0 Å². The Morgan fingerprint density at radius 1 is 1.33 bits per heavy atom. The van der Waals surface area contributed by atoms with Crippen LogP contribution in [0.4, 0.5) is 0 Å². The summed E-state index contributed by atoms with van der Waals surface area (Å²) in [5, 5.41) is 8.73. The molecule has 1 aromatic carbocycles. The Bertz CT molecular complexity index is 526. The molecule has 0 aliphatic rings. The third-order valence-electron chi connectivity index (χ3n) is 3.37. The second-order valence-corrected chi connectivity index (χ2v) is 5.75. The molecule has 0 heterocycles. The zero-order chi connectivity index (χ0) is 15.8. The summed E-state index contributed by atoms with van der Waals surface area (Å²) in [6.07, 6.45) is 1.43. The van der Waals surface area contributed by atoms with Gasteiger partial charge in [0.15, 0.2) is 0 Å². The SMILES string of the molecule is CC(C)CC(C)N(C)C(=O)c1cccc(C#CCCO)c1. The monoisotopic (exact) mass is 287 g/mol. The zero-order valence-electron chi connectivity index (χ0n) is 13.4. The summed E-state index contributed by atoms with van der Waals surface area (Å²) >= 11 is 0. The predicted molar refractivity (Wildman–Crippen MR) is 86.0 cm³/mol. The highest BCUT2D eigenvalue weighted by molar-refractivity contribution is 5.94. The summed E-state index contributed by atoms with van der Waals surface area (Å²) in [6.45, 7) is 6.45. The van der Waals surface area contributed by atoms with Crippen LogP contribution in [0.1, 0.15) is 49.5 Å². The molecule has 1 N–H and O–H groups in total. The van der Waals surface area contributed by atoms with Gasteiger partial charge >= 0.3 is 0 Å². The number of amides is 1. The van der Waals surface area contributed by atoms with Gasteiger partial charge in [0.25, 0.3) is 5.91 Å². The summed E-state index contributed by atoms with van der Waals surface area (Å²) in [5.41, 5.74) is 1.46. The Kier molecular flexibility index (Phi) is 6.98. The normalized spacial score (nSPS) is 11.7. The maximum absolute atomic E-state index is 12.5. The van der Waals surface area contributed by atoms with Gasteiger partial charge in [0, 0.05) is 30.6 Å². The lowest BCUT2D eigenvalue weighted by Gasteiger charge is -2.26. The lowest BCUT2D eigenvalue weighted by atomic mass is 10.0. The van der Waals surface area contributed by atoms with E-state index in [2.05, 4.69) is 32.6 Å². The Hall–Kier alpha value is -1.79. The average Bonchev–Trinajstić information content (AvgIpc) is 2.45. The lowest BCUT2D eigenvalue weighted by molar-refractivity contribution is 0.0728. The maximum atomic E-state index is 12.5. The van der Waals surface area contributed by atoms with Crippen LogP contribution in [0.2, 0.25) is 0 Å². The number of hydrogen-bond donors (Lipinski definition) is 1. The number of rotatable bonds is 5. The summed E-state index contributed by atoms with van der Waals surface area (Å²) in [5.74, 6) is 6.41. The highest BCUT2D eigenvalue weighted by atomic mass is 16.2. The van der Waals surface area contributed by atoms with Crippen molar-refractivity contribution in [3.8, 4) is 11.8 Å². The summed E-state index contributed by atoms with van der Waals surface area (Å²) in [6, 6.07) is 7.56. The Balaban J connectivity index is 2.83. The van der Waals surface area contributed by atoms with Gasteiger partial charge in [-0.2, -0.15) is 0 Å². The van der Waals surface area contributed by atoms with Crippen LogP contribution in [0.3, 0.4) is 0 Å². The summed E-state index contributed by atoms with van der Waals surface area (Å²) in [4.78, 5) is 14.3. The van der Waals surface area contributed by atoms with Crippen molar-refractivity contribution in [1.29, 1.82) is 0 Å². The number of hydrogen-bond acceptors (Lipinski definition) is 2. The standard InChI is InChI=1S/C18H25NO2/c1-14(2)12-15(3)19(4)18(21)17-10-7-9-16(13-17)8-5-6-11-20/h7,9-10,13-15,20H,6,11-12H2,1-4H3. The van der Waals surface area contributed by atoms with Gasteiger partial charge in [-0.15, -0.1) is 0 Å². The highest BCUT2D eigenvalue weighted by Crippen LogP contribution is 2.14. The number of nitrogens with zero attached hydrogens (tertiary/aromatic N) is 1. The van der Waals surface area contributed by atoms with E-state index in [-0.39, 0.29) is 18.6 Å². The van der Waals surface area contributed by atoms with Crippen LogP contribution in [0.15, 0.2) is 24.3 Å². The molecule has 0 aliphatic carbocycles. The zero-order valence-corrected chi connectivity index (χ0v) is 13.4. The van der Waals surface area contributed by atoms with E-state index in [0.717, 1.165) is 12.0 Å². The van der Waals surface area contributed by atoms with E-state index in [1.54, 1.807) is 4.90 Å². The first-order valence-corrected chi connectivity index (χ1v) is 7.42. The fraction of sp³-hybridized carbons (Fsp3) is 0.500.